The van der Waals surface area contributed by atoms with Crippen LogP contribution in [0.15, 0.2) is 53.4 Å². The van der Waals surface area contributed by atoms with Crippen molar-refractivity contribution in [1.29, 1.82) is 0 Å². The van der Waals surface area contributed by atoms with Crippen LogP contribution in [0, 0.1) is 12.3 Å². The van der Waals surface area contributed by atoms with Gasteiger partial charge in [-0.25, -0.2) is 8.42 Å². The molecule has 2 rings (SSSR count). The lowest BCUT2D eigenvalue weighted by Crippen LogP contribution is -2.31. The van der Waals surface area contributed by atoms with Crippen LogP contribution in [0.2, 0.25) is 0 Å². The first-order valence-electron chi connectivity index (χ1n) is 8.43. The third kappa shape index (κ3) is 5.74. The highest BCUT2D eigenvalue weighted by atomic mass is 32.2. The van der Waals surface area contributed by atoms with E-state index in [4.69, 9.17) is 15.9 Å². The Bertz CT molecular complexity index is 932. The molecule has 1 amide bonds. The maximum atomic E-state index is 12.5. The van der Waals surface area contributed by atoms with E-state index >= 15 is 0 Å². The van der Waals surface area contributed by atoms with Crippen molar-refractivity contribution in [3.05, 3.63) is 54.1 Å². The number of likely N-dealkylation sites (N-methyl/N-ethyl adjacent to an activating group) is 1. The number of sulfonamides is 1. The number of hydrogen-bond acceptors (Lipinski definition) is 5. The largest absolute Gasteiger partial charge is 0.497 e. The Hall–Kier alpha value is -3.02. The van der Waals surface area contributed by atoms with Crippen molar-refractivity contribution in [2.24, 2.45) is 0 Å². The highest BCUT2D eigenvalue weighted by Gasteiger charge is 2.16. The Balaban J connectivity index is 1.90. The number of benzene rings is 2. The van der Waals surface area contributed by atoms with E-state index in [1.807, 2.05) is 0 Å². The number of carbonyl (C=O) groups excluding carboxylic acids is 1. The van der Waals surface area contributed by atoms with Gasteiger partial charge in [0.25, 0.3) is 5.91 Å². The van der Waals surface area contributed by atoms with Gasteiger partial charge in [-0.2, -0.15) is 4.72 Å². The number of rotatable bonds is 9. The fraction of sp³-hybridized carbons (Fsp3) is 0.250. The third-order valence-electron chi connectivity index (χ3n) is 3.88. The standard InChI is InChI=1S/C20H22N2O5S/c1-4-13-21-28(24,25)19-11-5-16(6-12-19)20(23)22(2)14-15-27-18-9-7-17(26-3)8-10-18/h1,5-12,21H,13-15H2,2-3H3. The number of ether oxygens (including phenoxy) is 2. The molecule has 0 aliphatic heterocycles. The maximum Gasteiger partial charge on any atom is 0.253 e. The zero-order valence-corrected chi connectivity index (χ0v) is 16.5. The summed E-state index contributed by atoms with van der Waals surface area (Å²) in [6, 6.07) is 12.8. The molecule has 2 aromatic carbocycles. The van der Waals surface area contributed by atoms with Gasteiger partial charge < -0.3 is 14.4 Å². The van der Waals surface area contributed by atoms with Crippen molar-refractivity contribution in [3.63, 3.8) is 0 Å². The van der Waals surface area contributed by atoms with Crippen LogP contribution in [0.3, 0.4) is 0 Å². The van der Waals surface area contributed by atoms with Crippen LogP contribution < -0.4 is 14.2 Å². The second-order valence-electron chi connectivity index (χ2n) is 5.80. The van der Waals surface area contributed by atoms with Gasteiger partial charge in [-0.05, 0) is 48.5 Å². The van der Waals surface area contributed by atoms with Gasteiger partial charge in [0.15, 0.2) is 0 Å². The molecule has 7 nitrogen and oxygen atoms in total. The molecule has 0 spiro atoms. The van der Waals surface area contributed by atoms with Crippen molar-refractivity contribution in [2.45, 2.75) is 4.90 Å². The van der Waals surface area contributed by atoms with Gasteiger partial charge in [0, 0.05) is 12.6 Å². The molecule has 0 aliphatic carbocycles. The minimum Gasteiger partial charge on any atom is -0.497 e. The normalized spacial score (nSPS) is 10.8. The molecule has 0 saturated heterocycles. The molecule has 0 bridgehead atoms. The average molecular weight is 402 g/mol. The van der Waals surface area contributed by atoms with Crippen LogP contribution in [0.1, 0.15) is 10.4 Å². The molecule has 0 heterocycles. The lowest BCUT2D eigenvalue weighted by atomic mass is 10.2. The second kappa shape index (κ2) is 9.78. The molecule has 8 heteroatoms. The van der Waals surface area contributed by atoms with Crippen molar-refractivity contribution in [2.75, 3.05) is 33.9 Å². The van der Waals surface area contributed by atoms with Crippen molar-refractivity contribution in [1.82, 2.24) is 9.62 Å². The maximum absolute atomic E-state index is 12.5. The highest BCUT2D eigenvalue weighted by Crippen LogP contribution is 2.17. The van der Waals surface area contributed by atoms with Crippen LogP contribution in [0.5, 0.6) is 11.5 Å². The van der Waals surface area contributed by atoms with E-state index in [0.717, 1.165) is 5.75 Å². The Morgan fingerprint density at radius 3 is 2.29 bits per heavy atom. The summed E-state index contributed by atoms with van der Waals surface area (Å²) < 4.78 is 36.9. The molecule has 0 atom stereocenters. The number of amides is 1. The molecule has 2 aromatic rings. The first-order chi connectivity index (χ1) is 13.4. The summed E-state index contributed by atoms with van der Waals surface area (Å²) in [6.45, 7) is 0.589. The van der Waals surface area contributed by atoms with E-state index < -0.39 is 10.0 Å². The van der Waals surface area contributed by atoms with E-state index in [2.05, 4.69) is 10.6 Å². The minimum absolute atomic E-state index is 0.0461. The average Bonchev–Trinajstić information content (AvgIpc) is 2.72. The van der Waals surface area contributed by atoms with Crippen LogP contribution >= 0.6 is 0 Å². The molecular formula is C20H22N2O5S. The van der Waals surface area contributed by atoms with Gasteiger partial charge in [-0.3, -0.25) is 4.79 Å². The topological polar surface area (TPSA) is 84.9 Å². The molecular weight excluding hydrogens is 380 g/mol. The smallest absolute Gasteiger partial charge is 0.253 e. The zero-order chi connectivity index (χ0) is 20.6. The lowest BCUT2D eigenvalue weighted by Gasteiger charge is -2.18. The Kier molecular flexibility index (Phi) is 7.44. The summed E-state index contributed by atoms with van der Waals surface area (Å²) in [4.78, 5) is 14.0. The Morgan fingerprint density at radius 1 is 1.11 bits per heavy atom. The number of nitrogens with one attached hydrogen (secondary N) is 1. The van der Waals surface area contributed by atoms with Crippen LogP contribution in [-0.2, 0) is 10.0 Å². The fourth-order valence-corrected chi connectivity index (χ4v) is 3.23. The summed E-state index contributed by atoms with van der Waals surface area (Å²) in [6.07, 6.45) is 5.06. The van der Waals surface area contributed by atoms with Crippen LogP contribution in [0.4, 0.5) is 0 Å². The van der Waals surface area contributed by atoms with Gasteiger partial charge in [0.2, 0.25) is 10.0 Å². The van der Waals surface area contributed by atoms with E-state index in [0.29, 0.717) is 24.5 Å². The number of terminal acetylenes is 1. The quantitative estimate of drug-likeness (QED) is 0.646. The summed E-state index contributed by atoms with van der Waals surface area (Å²) in [5.41, 5.74) is 0.378. The number of carbonyl (C=O) groups is 1. The summed E-state index contributed by atoms with van der Waals surface area (Å²) >= 11 is 0. The predicted molar refractivity (Wildman–Crippen MR) is 106 cm³/mol. The van der Waals surface area contributed by atoms with Crippen LogP contribution in [-0.4, -0.2) is 53.1 Å². The van der Waals surface area contributed by atoms with E-state index in [9.17, 15) is 13.2 Å². The third-order valence-corrected chi connectivity index (χ3v) is 5.29. The number of nitrogens with zero attached hydrogens (tertiary/aromatic N) is 1. The second-order valence-corrected chi connectivity index (χ2v) is 7.57. The van der Waals surface area contributed by atoms with Crippen molar-refractivity contribution in [3.8, 4) is 23.8 Å². The van der Waals surface area contributed by atoms with Gasteiger partial charge >= 0.3 is 0 Å². The molecule has 0 fully saturated rings. The van der Waals surface area contributed by atoms with E-state index in [1.165, 1.54) is 29.2 Å². The molecule has 28 heavy (non-hydrogen) atoms. The van der Waals surface area contributed by atoms with Crippen molar-refractivity contribution >= 4 is 15.9 Å². The van der Waals surface area contributed by atoms with E-state index in [1.54, 1.807) is 38.4 Å². The Morgan fingerprint density at radius 2 is 1.71 bits per heavy atom. The molecule has 0 aliphatic rings. The van der Waals surface area contributed by atoms with Crippen molar-refractivity contribution < 1.29 is 22.7 Å². The molecule has 0 unspecified atom stereocenters. The van der Waals surface area contributed by atoms with Gasteiger partial charge in [-0.15, -0.1) is 6.42 Å². The zero-order valence-electron chi connectivity index (χ0n) is 15.7. The Labute approximate surface area is 165 Å². The number of hydrogen-bond donors (Lipinski definition) is 1. The molecule has 0 saturated carbocycles. The molecule has 0 aromatic heterocycles. The minimum atomic E-state index is -3.68. The summed E-state index contributed by atoms with van der Waals surface area (Å²) in [7, 11) is -0.440. The van der Waals surface area contributed by atoms with Gasteiger partial charge in [-0.1, -0.05) is 5.92 Å². The monoisotopic (exact) mass is 402 g/mol. The fourth-order valence-electron chi connectivity index (χ4n) is 2.29. The first-order valence-corrected chi connectivity index (χ1v) is 9.91. The van der Waals surface area contributed by atoms with E-state index in [-0.39, 0.29) is 17.3 Å². The van der Waals surface area contributed by atoms with Gasteiger partial charge in [0.05, 0.1) is 25.1 Å². The predicted octanol–water partition coefficient (Wildman–Crippen LogP) is 1.76. The summed E-state index contributed by atoms with van der Waals surface area (Å²) in [5.74, 6) is 3.38. The highest BCUT2D eigenvalue weighted by molar-refractivity contribution is 7.89. The number of methoxy groups -OCH3 is 1. The van der Waals surface area contributed by atoms with Gasteiger partial charge in [0.1, 0.15) is 18.1 Å². The lowest BCUT2D eigenvalue weighted by molar-refractivity contribution is 0.0773. The summed E-state index contributed by atoms with van der Waals surface area (Å²) in [5, 5.41) is 0. The SMILES string of the molecule is C#CCNS(=O)(=O)c1ccc(C(=O)N(C)CCOc2ccc(OC)cc2)cc1. The van der Waals surface area contributed by atoms with Crippen LogP contribution in [0.25, 0.3) is 0 Å². The molecule has 148 valence electrons. The molecule has 0 radical (unpaired) electrons. The molecule has 1 N–H and O–H groups in total. The first kappa shape index (κ1) is 21.3.